The highest BCUT2D eigenvalue weighted by Gasteiger charge is 2.53. The maximum Gasteiger partial charge on any atom is 0.0186 e. The molecule has 0 aliphatic heterocycles. The molecule has 1 nitrogen and oxygen atoms in total. The van der Waals surface area contributed by atoms with E-state index < -0.39 is 0 Å². The lowest BCUT2D eigenvalue weighted by Gasteiger charge is -1.97. The first-order chi connectivity index (χ1) is 3.31. The topological polar surface area (TPSA) is 26.0 Å². The summed E-state index contributed by atoms with van der Waals surface area (Å²) in [7, 11) is 0. The first-order valence-corrected chi connectivity index (χ1v) is 3.10. The molecule has 0 saturated heterocycles. The van der Waals surface area contributed by atoms with Crippen molar-refractivity contribution in [1.82, 2.24) is 0 Å². The molecule has 8 heavy (non-hydrogen) atoms. The van der Waals surface area contributed by atoms with Gasteiger partial charge in [0, 0.05) is 5.54 Å². The van der Waals surface area contributed by atoms with Crippen molar-refractivity contribution >= 4 is 12.4 Å². The highest BCUT2D eigenvalue weighted by atomic mass is 35.5. The summed E-state index contributed by atoms with van der Waals surface area (Å²) in [4.78, 5) is 0. The molecule has 0 aromatic heterocycles. The van der Waals surface area contributed by atoms with Crippen LogP contribution in [0.5, 0.6) is 0 Å². The average molecular weight is 134 g/mol. The molecule has 2 atom stereocenters. The Hall–Kier alpha value is 0.250. The summed E-state index contributed by atoms with van der Waals surface area (Å²) in [5, 5.41) is 0. The van der Waals surface area contributed by atoms with Crippen molar-refractivity contribution < 1.29 is 0 Å². The number of nitrogens with two attached hydrogens (primary N) is 1. The predicted octanol–water partition coefficient (Wildman–Crippen LogP) is 1.31. The molecule has 48 valence electrons. The maximum atomic E-state index is 5.85. The predicted molar refractivity (Wildman–Crippen MR) is 36.1 cm³/mol. The van der Waals surface area contributed by atoms with E-state index in [1.54, 1.807) is 0 Å². The fourth-order valence-electron chi connectivity index (χ4n) is 1.77. The molecule has 0 aromatic rings. The maximum absolute atomic E-state index is 5.85. The van der Waals surface area contributed by atoms with E-state index in [1.807, 2.05) is 0 Å². The Bertz CT molecular complexity index is 103. The fraction of sp³-hybridized carbons (Fsp3) is 1.00. The number of halogens is 1. The quantitative estimate of drug-likeness (QED) is 0.530. The van der Waals surface area contributed by atoms with Crippen LogP contribution in [0.4, 0.5) is 0 Å². The van der Waals surface area contributed by atoms with Crippen LogP contribution >= 0.6 is 12.4 Å². The SMILES string of the molecule is Cl.NC12CCCC1C2. The second-order valence-electron chi connectivity index (χ2n) is 3.03. The van der Waals surface area contributed by atoms with Gasteiger partial charge < -0.3 is 5.73 Å². The van der Waals surface area contributed by atoms with E-state index in [0.717, 1.165) is 5.92 Å². The first kappa shape index (κ1) is 6.37. The summed E-state index contributed by atoms with van der Waals surface area (Å²) in [5.41, 5.74) is 6.21. The Kier molecular flexibility index (Phi) is 1.28. The van der Waals surface area contributed by atoms with Gasteiger partial charge in [-0.05, 0) is 25.2 Å². The van der Waals surface area contributed by atoms with Crippen LogP contribution in [0.1, 0.15) is 25.7 Å². The third kappa shape index (κ3) is 0.652. The molecular weight excluding hydrogens is 122 g/mol. The van der Waals surface area contributed by atoms with E-state index in [0.29, 0.717) is 5.54 Å². The van der Waals surface area contributed by atoms with Gasteiger partial charge in [-0.2, -0.15) is 0 Å². The molecule has 0 bridgehead atoms. The van der Waals surface area contributed by atoms with E-state index in [9.17, 15) is 0 Å². The Morgan fingerprint density at radius 3 is 2.38 bits per heavy atom. The Morgan fingerprint density at radius 1 is 1.50 bits per heavy atom. The molecule has 2 fully saturated rings. The van der Waals surface area contributed by atoms with Crippen LogP contribution in [0.25, 0.3) is 0 Å². The normalized spacial score (nSPS) is 49.9. The molecule has 2 aliphatic carbocycles. The molecular formula is C6H12ClN. The van der Waals surface area contributed by atoms with Gasteiger partial charge in [-0.3, -0.25) is 0 Å². The summed E-state index contributed by atoms with van der Waals surface area (Å²) >= 11 is 0. The van der Waals surface area contributed by atoms with Crippen molar-refractivity contribution in [3.63, 3.8) is 0 Å². The molecule has 2 saturated carbocycles. The highest BCUT2D eigenvalue weighted by molar-refractivity contribution is 5.85. The molecule has 0 radical (unpaired) electrons. The third-order valence-corrected chi connectivity index (χ3v) is 2.47. The van der Waals surface area contributed by atoms with Gasteiger partial charge in [-0.1, -0.05) is 6.42 Å². The molecule has 2 aliphatic rings. The van der Waals surface area contributed by atoms with Gasteiger partial charge >= 0.3 is 0 Å². The standard InChI is InChI=1S/C6H11N.ClH/c7-6-3-1-2-5(6)4-6;/h5H,1-4,7H2;1H. The van der Waals surface area contributed by atoms with Crippen molar-refractivity contribution in [3.05, 3.63) is 0 Å². The highest BCUT2D eigenvalue weighted by Crippen LogP contribution is 2.53. The third-order valence-electron chi connectivity index (χ3n) is 2.47. The Balaban J connectivity index is 0.000000320. The van der Waals surface area contributed by atoms with E-state index in [1.165, 1.54) is 25.7 Å². The van der Waals surface area contributed by atoms with E-state index >= 15 is 0 Å². The zero-order valence-electron chi connectivity index (χ0n) is 4.89. The van der Waals surface area contributed by atoms with Crippen LogP contribution < -0.4 is 5.73 Å². The van der Waals surface area contributed by atoms with Gasteiger partial charge in [0.15, 0.2) is 0 Å². The van der Waals surface area contributed by atoms with Crippen molar-refractivity contribution in [3.8, 4) is 0 Å². The molecule has 2 unspecified atom stereocenters. The molecule has 0 heterocycles. The second-order valence-corrected chi connectivity index (χ2v) is 3.03. The van der Waals surface area contributed by atoms with Gasteiger partial charge in [0.25, 0.3) is 0 Å². The van der Waals surface area contributed by atoms with Crippen molar-refractivity contribution in [2.75, 3.05) is 0 Å². The number of rotatable bonds is 0. The lowest BCUT2D eigenvalue weighted by Crippen LogP contribution is -2.20. The molecule has 0 aromatic carbocycles. The van der Waals surface area contributed by atoms with Gasteiger partial charge in [0.1, 0.15) is 0 Å². The van der Waals surface area contributed by atoms with Crippen molar-refractivity contribution in [2.24, 2.45) is 11.7 Å². The van der Waals surface area contributed by atoms with E-state index in [4.69, 9.17) is 5.73 Å². The summed E-state index contributed by atoms with van der Waals surface area (Å²) in [6, 6.07) is 0. The monoisotopic (exact) mass is 133 g/mol. The molecule has 2 heteroatoms. The smallest absolute Gasteiger partial charge is 0.0186 e. The molecule has 0 amide bonds. The number of hydrogen-bond donors (Lipinski definition) is 1. The summed E-state index contributed by atoms with van der Waals surface area (Å²) < 4.78 is 0. The first-order valence-electron chi connectivity index (χ1n) is 3.10. The lowest BCUT2D eigenvalue weighted by atomic mass is 10.2. The van der Waals surface area contributed by atoms with Crippen molar-refractivity contribution in [1.29, 1.82) is 0 Å². The van der Waals surface area contributed by atoms with Crippen LogP contribution in [0.3, 0.4) is 0 Å². The van der Waals surface area contributed by atoms with Crippen LogP contribution in [-0.4, -0.2) is 5.54 Å². The Labute approximate surface area is 56.0 Å². The van der Waals surface area contributed by atoms with Gasteiger partial charge in [-0.15, -0.1) is 12.4 Å². The average Bonchev–Trinajstić information content (AvgIpc) is 2.09. The molecule has 2 rings (SSSR count). The minimum Gasteiger partial charge on any atom is -0.325 e. The fourth-order valence-corrected chi connectivity index (χ4v) is 1.77. The molecule has 2 N–H and O–H groups in total. The summed E-state index contributed by atoms with van der Waals surface area (Å²) in [5.74, 6) is 0.937. The van der Waals surface area contributed by atoms with Crippen LogP contribution in [0.2, 0.25) is 0 Å². The second kappa shape index (κ2) is 1.61. The zero-order valence-corrected chi connectivity index (χ0v) is 5.71. The summed E-state index contributed by atoms with van der Waals surface area (Å²) in [6.45, 7) is 0. The Morgan fingerprint density at radius 2 is 2.25 bits per heavy atom. The zero-order chi connectivity index (χ0) is 4.91. The van der Waals surface area contributed by atoms with Crippen LogP contribution in [0.15, 0.2) is 0 Å². The molecule has 0 spiro atoms. The minimum absolute atomic E-state index is 0. The van der Waals surface area contributed by atoms with E-state index in [-0.39, 0.29) is 12.4 Å². The van der Waals surface area contributed by atoms with Crippen molar-refractivity contribution in [2.45, 2.75) is 31.2 Å². The number of hydrogen-bond acceptors (Lipinski definition) is 1. The van der Waals surface area contributed by atoms with Gasteiger partial charge in [0.2, 0.25) is 0 Å². The summed E-state index contributed by atoms with van der Waals surface area (Å²) in [6.07, 6.45) is 5.43. The minimum atomic E-state index is 0. The number of fused-ring (bicyclic) bond motifs is 1. The van der Waals surface area contributed by atoms with Gasteiger partial charge in [-0.25, -0.2) is 0 Å². The van der Waals surface area contributed by atoms with Crippen LogP contribution in [0, 0.1) is 5.92 Å². The van der Waals surface area contributed by atoms with Gasteiger partial charge in [0.05, 0.1) is 0 Å². The lowest BCUT2D eigenvalue weighted by molar-refractivity contribution is 0.645. The largest absolute Gasteiger partial charge is 0.325 e. The van der Waals surface area contributed by atoms with Crippen LogP contribution in [-0.2, 0) is 0 Å². The van der Waals surface area contributed by atoms with E-state index in [2.05, 4.69) is 0 Å².